The molecular formula is C17H15BrN2O4S. The molecule has 2 aromatic rings. The number of hydrogen-bond acceptors (Lipinski definition) is 6. The minimum Gasteiger partial charge on any atom is -0.493 e. The Balaban J connectivity index is 1.78. The van der Waals surface area contributed by atoms with Crippen molar-refractivity contribution in [3.63, 3.8) is 0 Å². The molecule has 0 unspecified atom stereocenters. The zero-order valence-corrected chi connectivity index (χ0v) is 15.8. The molecule has 130 valence electrons. The van der Waals surface area contributed by atoms with E-state index in [4.69, 9.17) is 9.47 Å². The number of non-ortho nitro benzene ring substituents is 1. The number of nitro benzene ring substituents is 1. The predicted molar refractivity (Wildman–Crippen MR) is 102 cm³/mol. The molecule has 1 aliphatic heterocycles. The van der Waals surface area contributed by atoms with Crippen LogP contribution in [0.2, 0.25) is 0 Å². The average molecular weight is 423 g/mol. The number of nitro groups is 1. The summed E-state index contributed by atoms with van der Waals surface area (Å²) in [5.74, 6) is 2.20. The Hall–Kier alpha value is -2.06. The Morgan fingerprint density at radius 3 is 2.68 bits per heavy atom. The van der Waals surface area contributed by atoms with E-state index < -0.39 is 4.92 Å². The molecule has 0 aromatic heterocycles. The van der Waals surface area contributed by atoms with Gasteiger partial charge < -0.3 is 9.47 Å². The smallest absolute Gasteiger partial charge is 0.269 e. The summed E-state index contributed by atoms with van der Waals surface area (Å²) in [5, 5.41) is 11.7. The van der Waals surface area contributed by atoms with Gasteiger partial charge in [-0.2, -0.15) is 0 Å². The first-order valence-corrected chi connectivity index (χ1v) is 9.27. The van der Waals surface area contributed by atoms with E-state index in [-0.39, 0.29) is 12.3 Å². The quantitative estimate of drug-likeness (QED) is 0.508. The van der Waals surface area contributed by atoms with Crippen LogP contribution in [0.15, 0.2) is 45.9 Å². The molecule has 3 rings (SSSR count). The van der Waals surface area contributed by atoms with E-state index in [0.29, 0.717) is 11.5 Å². The number of nitrogens with zero attached hydrogens (tertiary/aromatic N) is 2. The van der Waals surface area contributed by atoms with Crippen LogP contribution in [0.5, 0.6) is 11.5 Å². The van der Waals surface area contributed by atoms with Crippen LogP contribution in [0.4, 0.5) is 5.69 Å². The van der Waals surface area contributed by atoms with Crippen molar-refractivity contribution in [1.29, 1.82) is 0 Å². The summed E-state index contributed by atoms with van der Waals surface area (Å²) >= 11 is 5.25. The van der Waals surface area contributed by atoms with Crippen molar-refractivity contribution in [1.82, 2.24) is 0 Å². The average Bonchev–Trinajstić information content (AvgIpc) is 3.15. The van der Waals surface area contributed by atoms with E-state index in [1.807, 2.05) is 12.1 Å². The highest BCUT2D eigenvalue weighted by Gasteiger charge is 2.17. The minimum atomic E-state index is -0.424. The van der Waals surface area contributed by atoms with Crippen molar-refractivity contribution < 1.29 is 14.4 Å². The van der Waals surface area contributed by atoms with Crippen LogP contribution in [-0.2, 0) is 6.61 Å². The zero-order valence-electron chi connectivity index (χ0n) is 13.4. The van der Waals surface area contributed by atoms with Gasteiger partial charge in [-0.3, -0.25) is 15.1 Å². The van der Waals surface area contributed by atoms with Crippen molar-refractivity contribution in [2.45, 2.75) is 6.61 Å². The third-order valence-corrected chi connectivity index (χ3v) is 5.21. The fraction of sp³-hybridized carbons (Fsp3) is 0.235. The fourth-order valence-corrected chi connectivity index (χ4v) is 3.76. The molecule has 0 radical (unpaired) electrons. The van der Waals surface area contributed by atoms with Gasteiger partial charge in [0.15, 0.2) is 11.5 Å². The van der Waals surface area contributed by atoms with Crippen molar-refractivity contribution in [3.05, 3.63) is 62.1 Å². The highest BCUT2D eigenvalue weighted by Crippen LogP contribution is 2.38. The second kappa shape index (κ2) is 7.88. The number of aliphatic imine (C=N–C) groups is 1. The highest BCUT2D eigenvalue weighted by molar-refractivity contribution is 9.10. The Morgan fingerprint density at radius 2 is 2.08 bits per heavy atom. The number of hydrogen-bond donors (Lipinski definition) is 0. The standard InChI is InChI=1S/C17H15BrN2O4S/c1-23-15-9-12(17-19-6-7-25-17)8-14(18)16(15)24-10-11-2-4-13(5-3-11)20(21)22/h2-5,8-9H,6-7,10H2,1H3. The zero-order chi connectivity index (χ0) is 17.8. The molecule has 0 aliphatic carbocycles. The number of rotatable bonds is 6. The molecule has 8 heteroatoms. The molecule has 0 fully saturated rings. The van der Waals surface area contributed by atoms with E-state index >= 15 is 0 Å². The van der Waals surface area contributed by atoms with Crippen molar-refractivity contribution >= 4 is 38.4 Å². The highest BCUT2D eigenvalue weighted by atomic mass is 79.9. The molecule has 2 aromatic carbocycles. The summed E-state index contributed by atoms with van der Waals surface area (Å²) in [6.07, 6.45) is 0. The lowest BCUT2D eigenvalue weighted by Crippen LogP contribution is -2.01. The van der Waals surface area contributed by atoms with E-state index in [2.05, 4.69) is 20.9 Å². The van der Waals surface area contributed by atoms with Gasteiger partial charge in [0.1, 0.15) is 6.61 Å². The van der Waals surface area contributed by atoms with Crippen LogP contribution < -0.4 is 9.47 Å². The van der Waals surface area contributed by atoms with Crippen LogP contribution in [-0.4, -0.2) is 29.4 Å². The van der Waals surface area contributed by atoms with Crippen molar-refractivity contribution in [3.8, 4) is 11.5 Å². The maximum Gasteiger partial charge on any atom is 0.269 e. The van der Waals surface area contributed by atoms with E-state index in [9.17, 15) is 10.1 Å². The van der Waals surface area contributed by atoms with E-state index in [1.165, 1.54) is 12.1 Å². The van der Waals surface area contributed by atoms with Crippen molar-refractivity contribution in [2.24, 2.45) is 4.99 Å². The summed E-state index contributed by atoms with van der Waals surface area (Å²) < 4.78 is 12.1. The Morgan fingerprint density at radius 1 is 1.32 bits per heavy atom. The largest absolute Gasteiger partial charge is 0.493 e. The molecular weight excluding hydrogens is 408 g/mol. The van der Waals surface area contributed by atoms with Gasteiger partial charge in [-0.1, -0.05) is 0 Å². The van der Waals surface area contributed by atoms with Gasteiger partial charge in [-0.05, 0) is 45.8 Å². The van der Waals surface area contributed by atoms with Crippen LogP contribution in [0, 0.1) is 10.1 Å². The van der Waals surface area contributed by atoms with Crippen LogP contribution >= 0.6 is 27.7 Å². The van der Waals surface area contributed by atoms with Gasteiger partial charge in [-0.15, -0.1) is 11.8 Å². The summed E-state index contributed by atoms with van der Waals surface area (Å²) in [4.78, 5) is 14.8. The first-order valence-electron chi connectivity index (χ1n) is 7.50. The summed E-state index contributed by atoms with van der Waals surface area (Å²) in [6, 6.07) is 10.2. The van der Waals surface area contributed by atoms with Crippen molar-refractivity contribution in [2.75, 3.05) is 19.4 Å². The number of benzene rings is 2. The monoisotopic (exact) mass is 422 g/mol. The lowest BCUT2D eigenvalue weighted by Gasteiger charge is -2.14. The molecule has 1 aliphatic rings. The normalized spacial score (nSPS) is 13.4. The van der Waals surface area contributed by atoms with Crippen LogP contribution in [0.3, 0.4) is 0 Å². The van der Waals surface area contributed by atoms with E-state index in [1.54, 1.807) is 31.0 Å². The van der Waals surface area contributed by atoms with E-state index in [0.717, 1.165) is 32.9 Å². The van der Waals surface area contributed by atoms with Gasteiger partial charge in [0, 0.05) is 30.0 Å². The molecule has 0 amide bonds. The molecule has 25 heavy (non-hydrogen) atoms. The second-order valence-electron chi connectivity index (χ2n) is 5.24. The number of halogens is 1. The number of ether oxygens (including phenoxy) is 2. The Labute approximate surface area is 157 Å². The molecule has 0 spiro atoms. The summed E-state index contributed by atoms with van der Waals surface area (Å²) in [6.45, 7) is 1.11. The van der Waals surface area contributed by atoms with Crippen LogP contribution in [0.1, 0.15) is 11.1 Å². The minimum absolute atomic E-state index is 0.0571. The van der Waals surface area contributed by atoms with Gasteiger partial charge >= 0.3 is 0 Å². The molecule has 6 nitrogen and oxygen atoms in total. The predicted octanol–water partition coefficient (Wildman–Crippen LogP) is 4.44. The van der Waals surface area contributed by atoms with Gasteiger partial charge in [0.2, 0.25) is 0 Å². The third-order valence-electron chi connectivity index (χ3n) is 3.59. The maximum atomic E-state index is 10.7. The van der Waals surface area contributed by atoms with Gasteiger partial charge in [-0.25, -0.2) is 0 Å². The Kier molecular flexibility index (Phi) is 5.60. The molecule has 0 saturated heterocycles. The molecule has 1 heterocycles. The number of thioether (sulfide) groups is 1. The topological polar surface area (TPSA) is 74.0 Å². The lowest BCUT2D eigenvalue weighted by molar-refractivity contribution is -0.384. The second-order valence-corrected chi connectivity index (χ2v) is 7.17. The fourth-order valence-electron chi connectivity index (χ4n) is 2.36. The summed E-state index contributed by atoms with van der Waals surface area (Å²) in [5.41, 5.74) is 1.88. The first-order chi connectivity index (χ1) is 12.1. The van der Waals surface area contributed by atoms with Gasteiger partial charge in [0.05, 0.1) is 21.5 Å². The van der Waals surface area contributed by atoms with Gasteiger partial charge in [0.25, 0.3) is 5.69 Å². The maximum absolute atomic E-state index is 10.7. The number of methoxy groups -OCH3 is 1. The molecule has 0 atom stereocenters. The van der Waals surface area contributed by atoms with Crippen LogP contribution in [0.25, 0.3) is 0 Å². The summed E-state index contributed by atoms with van der Waals surface area (Å²) in [7, 11) is 1.59. The lowest BCUT2D eigenvalue weighted by atomic mass is 10.2. The molecule has 0 saturated carbocycles. The molecule has 0 N–H and O–H groups in total. The Bertz CT molecular complexity index is 824. The first kappa shape index (κ1) is 17.8. The molecule has 0 bridgehead atoms. The third kappa shape index (κ3) is 4.13. The SMILES string of the molecule is COc1cc(C2=NCCS2)cc(Br)c1OCc1ccc([N+](=O)[O-])cc1.